The molecule has 0 bridgehead atoms. The first-order valence-electron chi connectivity index (χ1n) is 4.22. The summed E-state index contributed by atoms with van der Waals surface area (Å²) >= 11 is 0. The summed E-state index contributed by atoms with van der Waals surface area (Å²) in [5.74, 6) is 0. The fraction of sp³-hybridized carbons (Fsp3) is 0.667. The molecular weight excluding hydrogens is 144 g/mol. The van der Waals surface area contributed by atoms with Crippen molar-refractivity contribution in [2.75, 3.05) is 0 Å². The van der Waals surface area contributed by atoms with Crippen molar-refractivity contribution in [3.8, 4) is 0 Å². The van der Waals surface area contributed by atoms with E-state index in [1.54, 1.807) is 0 Å². The van der Waals surface area contributed by atoms with Crippen molar-refractivity contribution in [2.45, 2.75) is 55.9 Å². The summed E-state index contributed by atoms with van der Waals surface area (Å²) in [6, 6.07) is 0. The summed E-state index contributed by atoms with van der Waals surface area (Å²) in [5.41, 5.74) is 2.55. The van der Waals surface area contributed by atoms with Gasteiger partial charge in [0, 0.05) is 0 Å². The van der Waals surface area contributed by atoms with Gasteiger partial charge in [0.2, 0.25) is 0 Å². The van der Waals surface area contributed by atoms with Crippen LogP contribution < -0.4 is 0 Å². The van der Waals surface area contributed by atoms with E-state index in [2.05, 4.69) is 26.5 Å². The molecule has 0 heterocycles. The first kappa shape index (κ1) is 22.5. The van der Waals surface area contributed by atoms with Gasteiger partial charge in [0.05, 0.1) is 0 Å². The minimum absolute atomic E-state index is 0. The Hall–Kier alpha value is -0.520. The molecule has 0 aliphatic carbocycles. The molecule has 0 aromatic carbocycles. The van der Waals surface area contributed by atoms with Crippen LogP contribution in [0.2, 0.25) is 0 Å². The van der Waals surface area contributed by atoms with Crippen LogP contribution in [0.1, 0.15) is 55.9 Å². The topological polar surface area (TPSA) is 0 Å². The molecule has 0 rings (SSSR count). The van der Waals surface area contributed by atoms with E-state index in [1.807, 2.05) is 34.6 Å². The van der Waals surface area contributed by atoms with Crippen molar-refractivity contribution in [3.05, 3.63) is 23.8 Å². The maximum atomic E-state index is 3.56. The molecule has 0 heteroatoms. The molecule has 0 aliphatic rings. The normalized spacial score (nSPS) is 5.58. The van der Waals surface area contributed by atoms with Gasteiger partial charge < -0.3 is 0 Å². The van der Waals surface area contributed by atoms with Crippen molar-refractivity contribution >= 4 is 0 Å². The highest BCUT2D eigenvalue weighted by molar-refractivity contribution is 4.88. The van der Waals surface area contributed by atoms with Crippen molar-refractivity contribution < 1.29 is 0 Å². The van der Waals surface area contributed by atoms with Crippen LogP contribution in [0.25, 0.3) is 0 Å². The monoisotopic (exact) mass is 172 g/mol. The van der Waals surface area contributed by atoms with Crippen LogP contribution in [0.15, 0.2) is 23.8 Å². The molecule has 0 N–H and O–H groups in total. The minimum Gasteiger partial charge on any atom is -0.100 e. The zero-order valence-electron chi connectivity index (χ0n) is 9.28. The molecule has 0 saturated carbocycles. The largest absolute Gasteiger partial charge is 0.100 e. The van der Waals surface area contributed by atoms with Crippen LogP contribution in [0, 0.1) is 0 Å². The Balaban J connectivity index is -0.0000000419. The van der Waals surface area contributed by atoms with Crippen molar-refractivity contribution in [1.29, 1.82) is 0 Å². The van der Waals surface area contributed by atoms with Gasteiger partial charge in [0.1, 0.15) is 0 Å². The summed E-state index contributed by atoms with van der Waals surface area (Å²) in [6.07, 6.45) is 2.08. The third-order valence-corrected chi connectivity index (χ3v) is 0.577. The smallest absolute Gasteiger partial charge is 0.0442 e. The first-order valence-corrected chi connectivity index (χ1v) is 4.22. The molecule has 0 nitrogen and oxygen atoms in total. The zero-order chi connectivity index (χ0) is 9.86. The Morgan fingerprint density at radius 1 is 1.00 bits per heavy atom. The molecule has 0 radical (unpaired) electrons. The highest BCUT2D eigenvalue weighted by atomic mass is 13.7. The first-order chi connectivity index (χ1) is 5.00. The van der Waals surface area contributed by atoms with E-state index in [1.165, 1.54) is 11.1 Å². The number of allylic oxidation sites excluding steroid dienone is 3. The Morgan fingerprint density at radius 2 is 1.08 bits per heavy atom. The van der Waals surface area contributed by atoms with Gasteiger partial charge in [-0.2, -0.15) is 0 Å². The maximum absolute atomic E-state index is 3.56. The second-order valence-electron chi connectivity index (χ2n) is 2.57. The van der Waals surface area contributed by atoms with Gasteiger partial charge in [0.15, 0.2) is 0 Å². The van der Waals surface area contributed by atoms with E-state index in [4.69, 9.17) is 0 Å². The van der Waals surface area contributed by atoms with Gasteiger partial charge in [-0.15, -0.1) is 6.58 Å². The van der Waals surface area contributed by atoms with Crippen molar-refractivity contribution in [2.24, 2.45) is 0 Å². The third kappa shape index (κ3) is 311. The second-order valence-corrected chi connectivity index (χ2v) is 2.57. The standard InChI is InChI=1S/C5H10.C4H8.C2H6.CH4/c1-4-5(2)3;1-4(2)3;1-2;/h4H,1-3H3;1H2,2-3H3;1-2H3;1H4. The minimum atomic E-state index is 0. The Bertz CT molecular complexity index is 88.6. The van der Waals surface area contributed by atoms with Gasteiger partial charge in [-0.25, -0.2) is 0 Å². The number of hydrogen-bond acceptors (Lipinski definition) is 0. The predicted molar refractivity (Wildman–Crippen MR) is 63.7 cm³/mol. The van der Waals surface area contributed by atoms with Crippen LogP contribution in [-0.2, 0) is 0 Å². The molecule has 0 saturated heterocycles. The van der Waals surface area contributed by atoms with Crippen molar-refractivity contribution in [3.63, 3.8) is 0 Å². The Labute approximate surface area is 80.4 Å². The molecule has 0 aromatic heterocycles. The lowest BCUT2D eigenvalue weighted by atomic mass is 10.3. The van der Waals surface area contributed by atoms with Gasteiger partial charge in [-0.3, -0.25) is 0 Å². The average Bonchev–Trinajstić information content (AvgIpc) is 1.91. The van der Waals surface area contributed by atoms with Gasteiger partial charge in [-0.1, -0.05) is 38.5 Å². The molecule has 76 valence electrons. The SMILES string of the molecule is C.C=C(C)C.CC.CC=C(C)C. The molecule has 0 aliphatic heterocycles. The molecule has 0 fully saturated rings. The molecule has 12 heavy (non-hydrogen) atoms. The predicted octanol–water partition coefficient (Wildman–Crippen LogP) is 5.22. The summed E-state index contributed by atoms with van der Waals surface area (Å²) in [7, 11) is 0. The van der Waals surface area contributed by atoms with Crippen LogP contribution in [0.3, 0.4) is 0 Å². The highest BCUT2D eigenvalue weighted by Crippen LogP contribution is 1.82. The molecule has 0 spiro atoms. The molecule has 0 amide bonds. The Morgan fingerprint density at radius 3 is 1.08 bits per heavy atom. The number of rotatable bonds is 0. The fourth-order valence-electron chi connectivity index (χ4n) is 0. The quantitative estimate of drug-likeness (QED) is 0.440. The fourth-order valence-corrected chi connectivity index (χ4v) is 0. The summed E-state index contributed by atoms with van der Waals surface area (Å²) in [5, 5.41) is 0. The van der Waals surface area contributed by atoms with Gasteiger partial charge in [0.25, 0.3) is 0 Å². The van der Waals surface area contributed by atoms with E-state index in [0.717, 1.165) is 0 Å². The maximum Gasteiger partial charge on any atom is -0.0442 e. The van der Waals surface area contributed by atoms with Gasteiger partial charge in [-0.05, 0) is 34.6 Å². The summed E-state index contributed by atoms with van der Waals surface area (Å²) in [6.45, 7) is 17.7. The zero-order valence-corrected chi connectivity index (χ0v) is 9.28. The van der Waals surface area contributed by atoms with E-state index in [-0.39, 0.29) is 7.43 Å². The lowest BCUT2D eigenvalue weighted by Crippen LogP contribution is -1.52. The average molecular weight is 172 g/mol. The third-order valence-electron chi connectivity index (χ3n) is 0.577. The van der Waals surface area contributed by atoms with Crippen LogP contribution >= 0.6 is 0 Å². The van der Waals surface area contributed by atoms with E-state index in [9.17, 15) is 0 Å². The van der Waals surface area contributed by atoms with Crippen LogP contribution in [0.4, 0.5) is 0 Å². The lowest BCUT2D eigenvalue weighted by Gasteiger charge is -1.74. The second kappa shape index (κ2) is 22.4. The lowest BCUT2D eigenvalue weighted by molar-refractivity contribution is 1.36. The van der Waals surface area contributed by atoms with Crippen LogP contribution in [-0.4, -0.2) is 0 Å². The molecule has 0 aromatic rings. The highest BCUT2D eigenvalue weighted by Gasteiger charge is 1.60. The van der Waals surface area contributed by atoms with E-state index < -0.39 is 0 Å². The number of hydrogen-bond donors (Lipinski definition) is 0. The van der Waals surface area contributed by atoms with Gasteiger partial charge >= 0.3 is 0 Å². The van der Waals surface area contributed by atoms with E-state index >= 15 is 0 Å². The molecule has 0 unspecified atom stereocenters. The molecule has 0 atom stereocenters. The Kier molecular flexibility index (Phi) is 42.1. The summed E-state index contributed by atoms with van der Waals surface area (Å²) < 4.78 is 0. The molecular formula is C12H28. The van der Waals surface area contributed by atoms with Crippen LogP contribution in [0.5, 0.6) is 0 Å². The van der Waals surface area contributed by atoms with E-state index in [0.29, 0.717) is 0 Å². The van der Waals surface area contributed by atoms with Crippen molar-refractivity contribution in [1.82, 2.24) is 0 Å². The summed E-state index contributed by atoms with van der Waals surface area (Å²) in [4.78, 5) is 0.